The van der Waals surface area contributed by atoms with E-state index in [0.29, 0.717) is 23.7 Å². The SMILES string of the molecule is CC.CC(C)C[C@@H](CO)Nc1cc(-n2ccc3c(cnn3Cc3c(F)cccc3F)c2=O)c(F)cn1.[HH].[HH]. The van der Waals surface area contributed by atoms with Crippen LogP contribution < -0.4 is 10.9 Å². The predicted octanol–water partition coefficient (Wildman–Crippen LogP) is 5.38. The van der Waals surface area contributed by atoms with Crippen molar-refractivity contribution in [2.45, 2.75) is 46.7 Å². The fraction of sp³-hybridized carbons (Fsp3) is 0.346. The Morgan fingerprint density at radius 1 is 1.08 bits per heavy atom. The van der Waals surface area contributed by atoms with E-state index in [1.165, 1.54) is 35.3 Å². The number of hydrogen-bond acceptors (Lipinski definition) is 5. The molecule has 4 rings (SSSR count). The minimum Gasteiger partial charge on any atom is -0.394 e. The molecule has 2 N–H and O–H groups in total. The van der Waals surface area contributed by atoms with Gasteiger partial charge in [0.15, 0.2) is 5.82 Å². The maximum Gasteiger partial charge on any atom is 0.266 e. The van der Waals surface area contributed by atoms with Crippen LogP contribution in [0, 0.1) is 23.4 Å². The summed E-state index contributed by atoms with van der Waals surface area (Å²) >= 11 is 0. The van der Waals surface area contributed by atoms with Gasteiger partial charge in [-0.15, -0.1) is 0 Å². The number of pyridine rings is 2. The van der Waals surface area contributed by atoms with Crippen molar-refractivity contribution in [1.29, 1.82) is 0 Å². The van der Waals surface area contributed by atoms with Crippen LogP contribution in [0.3, 0.4) is 0 Å². The van der Waals surface area contributed by atoms with Crippen molar-refractivity contribution in [2.24, 2.45) is 5.92 Å². The van der Waals surface area contributed by atoms with Gasteiger partial charge in [-0.05, 0) is 30.5 Å². The number of fused-ring (bicyclic) bond motifs is 1. The first kappa shape index (κ1) is 26.9. The molecule has 0 amide bonds. The van der Waals surface area contributed by atoms with Gasteiger partial charge in [-0.3, -0.25) is 14.0 Å². The third-order valence-corrected chi connectivity index (χ3v) is 5.50. The van der Waals surface area contributed by atoms with Crippen LogP contribution >= 0.6 is 0 Å². The monoisotopic (exact) mass is 505 g/mol. The molecule has 196 valence electrons. The molecule has 36 heavy (non-hydrogen) atoms. The first-order chi connectivity index (χ1) is 17.3. The molecule has 0 bridgehead atoms. The normalized spacial score (nSPS) is 11.9. The van der Waals surface area contributed by atoms with Crippen LogP contribution in [0.1, 0.15) is 42.5 Å². The molecule has 0 fully saturated rings. The second kappa shape index (κ2) is 11.9. The van der Waals surface area contributed by atoms with Crippen molar-refractivity contribution in [3.8, 4) is 5.69 Å². The molecular weight excluding hydrogens is 471 g/mol. The van der Waals surface area contributed by atoms with Crippen LogP contribution in [-0.2, 0) is 6.54 Å². The molecule has 1 aromatic carbocycles. The Bertz CT molecular complexity index is 1380. The fourth-order valence-electron chi connectivity index (χ4n) is 3.88. The standard InChI is InChI=1S/C24H24F3N5O2.C2H6.2H2/c1-14(2)8-15(13-33)30-23-9-22(20(27)11-28-23)31-7-6-21-16(24(31)34)10-29-32(21)12-17-18(25)4-3-5-19(17)26;1-2;;/h3-7,9-11,14-15,33H,8,12-13H2,1-2H3,(H,28,30);1-2H3;2*1H/t15-;;;/m0.../s1. The number of aliphatic hydroxyl groups excluding tert-OH is 1. The zero-order valence-corrected chi connectivity index (χ0v) is 20.7. The lowest BCUT2D eigenvalue weighted by Gasteiger charge is -2.19. The highest BCUT2D eigenvalue weighted by Gasteiger charge is 2.17. The molecule has 0 aliphatic heterocycles. The smallest absolute Gasteiger partial charge is 0.266 e. The zero-order chi connectivity index (χ0) is 26.4. The molecule has 4 aromatic rings. The summed E-state index contributed by atoms with van der Waals surface area (Å²) in [5.41, 5.74) is -0.394. The van der Waals surface area contributed by atoms with Crippen LogP contribution in [0.2, 0.25) is 0 Å². The van der Waals surface area contributed by atoms with Crippen molar-refractivity contribution in [1.82, 2.24) is 19.3 Å². The summed E-state index contributed by atoms with van der Waals surface area (Å²) in [5, 5.41) is 16.9. The Labute approximate surface area is 210 Å². The summed E-state index contributed by atoms with van der Waals surface area (Å²) in [6.07, 6.45) is 4.34. The molecule has 10 heteroatoms. The van der Waals surface area contributed by atoms with Gasteiger partial charge in [0.05, 0.1) is 48.2 Å². The topological polar surface area (TPSA) is 85.0 Å². The summed E-state index contributed by atoms with van der Waals surface area (Å²) in [5.74, 6) is -1.50. The molecule has 3 heterocycles. The second-order valence-corrected chi connectivity index (χ2v) is 8.47. The highest BCUT2D eigenvalue weighted by molar-refractivity contribution is 5.78. The van der Waals surface area contributed by atoms with Crippen molar-refractivity contribution >= 4 is 16.7 Å². The Morgan fingerprint density at radius 3 is 2.42 bits per heavy atom. The first-order valence-corrected chi connectivity index (χ1v) is 11.8. The van der Waals surface area contributed by atoms with Crippen LogP contribution in [-0.4, -0.2) is 37.1 Å². The third kappa shape index (κ3) is 5.76. The van der Waals surface area contributed by atoms with E-state index in [0.717, 1.165) is 22.9 Å². The molecule has 0 saturated heterocycles. The molecule has 0 unspecified atom stereocenters. The van der Waals surface area contributed by atoms with E-state index in [4.69, 9.17) is 0 Å². The molecule has 7 nitrogen and oxygen atoms in total. The van der Waals surface area contributed by atoms with Crippen molar-refractivity contribution in [3.05, 3.63) is 82.3 Å². The Morgan fingerprint density at radius 2 is 1.78 bits per heavy atom. The van der Waals surface area contributed by atoms with Crippen LogP contribution in [0.4, 0.5) is 19.0 Å². The van der Waals surface area contributed by atoms with Gasteiger partial charge in [0.25, 0.3) is 5.56 Å². The molecule has 0 aliphatic rings. The number of nitrogens with one attached hydrogen (secondary N) is 1. The van der Waals surface area contributed by atoms with Gasteiger partial charge in [-0.25, -0.2) is 18.2 Å². The minimum absolute atomic E-state index is 0. The van der Waals surface area contributed by atoms with Crippen LogP contribution in [0.15, 0.2) is 53.7 Å². The maximum atomic E-state index is 14.6. The van der Waals surface area contributed by atoms with Gasteiger partial charge in [0.2, 0.25) is 0 Å². The largest absolute Gasteiger partial charge is 0.394 e. The summed E-state index contributed by atoms with van der Waals surface area (Å²) in [6.45, 7) is 7.70. The average molecular weight is 506 g/mol. The molecular formula is C26H34F3N5O2. The number of rotatable bonds is 8. The van der Waals surface area contributed by atoms with E-state index in [-0.39, 0.29) is 38.7 Å². The highest BCUT2D eigenvalue weighted by atomic mass is 19.1. The highest BCUT2D eigenvalue weighted by Crippen LogP contribution is 2.20. The number of nitrogens with zero attached hydrogens (tertiary/aromatic N) is 4. The lowest BCUT2D eigenvalue weighted by molar-refractivity contribution is 0.259. The van der Waals surface area contributed by atoms with Gasteiger partial charge in [0.1, 0.15) is 17.5 Å². The van der Waals surface area contributed by atoms with Gasteiger partial charge < -0.3 is 10.4 Å². The number of hydrogen-bond donors (Lipinski definition) is 2. The van der Waals surface area contributed by atoms with Crippen molar-refractivity contribution in [3.63, 3.8) is 0 Å². The Hall–Kier alpha value is -3.66. The summed E-state index contributed by atoms with van der Waals surface area (Å²) in [7, 11) is 0. The van der Waals surface area contributed by atoms with E-state index in [2.05, 4.69) is 15.4 Å². The predicted molar refractivity (Wildman–Crippen MR) is 138 cm³/mol. The van der Waals surface area contributed by atoms with Gasteiger partial charge in [-0.2, -0.15) is 5.10 Å². The number of aliphatic hydroxyl groups is 1. The quantitative estimate of drug-likeness (QED) is 0.336. The fourth-order valence-corrected chi connectivity index (χ4v) is 3.88. The molecule has 0 saturated carbocycles. The summed E-state index contributed by atoms with van der Waals surface area (Å²) in [4.78, 5) is 17.1. The van der Waals surface area contributed by atoms with E-state index in [9.17, 15) is 23.1 Å². The van der Waals surface area contributed by atoms with Crippen LogP contribution in [0.25, 0.3) is 16.6 Å². The third-order valence-electron chi connectivity index (χ3n) is 5.50. The summed E-state index contributed by atoms with van der Waals surface area (Å²) < 4.78 is 45.2. The second-order valence-electron chi connectivity index (χ2n) is 8.47. The molecule has 0 radical (unpaired) electrons. The number of aromatic nitrogens is 4. The Balaban J connectivity index is 0.00000176. The van der Waals surface area contributed by atoms with E-state index < -0.39 is 23.0 Å². The lowest BCUT2D eigenvalue weighted by atomic mass is 10.0. The van der Waals surface area contributed by atoms with Gasteiger partial charge in [0, 0.05) is 20.7 Å². The first-order valence-electron chi connectivity index (χ1n) is 11.8. The van der Waals surface area contributed by atoms with Gasteiger partial charge >= 0.3 is 0 Å². The summed E-state index contributed by atoms with van der Waals surface area (Å²) in [6, 6.07) is 6.22. The molecule has 3 aromatic heterocycles. The van der Waals surface area contributed by atoms with Gasteiger partial charge in [-0.1, -0.05) is 33.8 Å². The minimum atomic E-state index is -0.713. The zero-order valence-electron chi connectivity index (χ0n) is 20.7. The maximum absolute atomic E-state index is 14.6. The number of benzene rings is 1. The van der Waals surface area contributed by atoms with E-state index >= 15 is 0 Å². The van der Waals surface area contributed by atoms with Crippen molar-refractivity contribution in [2.75, 3.05) is 11.9 Å². The average Bonchev–Trinajstić information content (AvgIpc) is 3.27. The van der Waals surface area contributed by atoms with Crippen LogP contribution in [0.5, 0.6) is 0 Å². The molecule has 0 aliphatic carbocycles. The molecule has 1 atom stereocenters. The molecule has 0 spiro atoms. The Kier molecular flexibility index (Phi) is 8.87. The number of halogens is 3. The van der Waals surface area contributed by atoms with E-state index in [1.54, 1.807) is 0 Å². The van der Waals surface area contributed by atoms with E-state index in [1.807, 2.05) is 27.7 Å². The number of anilines is 1. The van der Waals surface area contributed by atoms with Crippen molar-refractivity contribution < 1.29 is 21.1 Å². The lowest BCUT2D eigenvalue weighted by Crippen LogP contribution is -2.26.